The lowest BCUT2D eigenvalue weighted by atomic mass is 10.0. The average Bonchev–Trinajstić information content (AvgIpc) is 3.25. The van der Waals surface area contributed by atoms with Crippen LogP contribution in [0.2, 0.25) is 0 Å². The summed E-state index contributed by atoms with van der Waals surface area (Å²) >= 11 is 0. The van der Waals surface area contributed by atoms with Crippen molar-refractivity contribution in [3.8, 4) is 0 Å². The average molecular weight is 384 g/mol. The third kappa shape index (κ3) is 5.00. The molecule has 0 bridgehead atoms. The molecule has 1 aliphatic rings. The summed E-state index contributed by atoms with van der Waals surface area (Å²) in [6.07, 6.45) is 3.42. The number of furan rings is 1. The number of ether oxygens (including phenoxy) is 1. The zero-order valence-corrected chi connectivity index (χ0v) is 15.8. The molecule has 1 aromatic heterocycles. The predicted octanol–water partition coefficient (Wildman–Crippen LogP) is 2.55. The number of nitrogens with zero attached hydrogens (tertiary/aromatic N) is 1. The van der Waals surface area contributed by atoms with Gasteiger partial charge in [-0.05, 0) is 36.5 Å². The molecule has 2 atom stereocenters. The summed E-state index contributed by atoms with van der Waals surface area (Å²) in [5, 5.41) is 2.61. The molecule has 148 valence electrons. The van der Waals surface area contributed by atoms with Crippen LogP contribution in [0.5, 0.6) is 0 Å². The van der Waals surface area contributed by atoms with Gasteiger partial charge in [0.1, 0.15) is 0 Å². The summed E-state index contributed by atoms with van der Waals surface area (Å²) in [5.74, 6) is -0.911. The Kier molecular flexibility index (Phi) is 6.47. The first-order valence-electron chi connectivity index (χ1n) is 9.38. The first-order valence-corrected chi connectivity index (χ1v) is 9.38. The molecular weight excluding hydrogens is 360 g/mol. The second-order valence-electron chi connectivity index (χ2n) is 6.99. The lowest BCUT2D eigenvalue weighted by Crippen LogP contribution is -2.42. The second kappa shape index (κ2) is 9.21. The van der Waals surface area contributed by atoms with E-state index < -0.39 is 17.9 Å². The van der Waals surface area contributed by atoms with Crippen LogP contribution < -0.4 is 5.32 Å². The number of rotatable bonds is 6. The van der Waals surface area contributed by atoms with Crippen LogP contribution in [0.25, 0.3) is 0 Å². The normalized spacial score (nSPS) is 17.6. The molecule has 0 radical (unpaired) electrons. The van der Waals surface area contributed by atoms with Crippen LogP contribution in [-0.2, 0) is 14.3 Å². The second-order valence-corrected chi connectivity index (χ2v) is 6.99. The van der Waals surface area contributed by atoms with Crippen molar-refractivity contribution >= 4 is 17.8 Å². The van der Waals surface area contributed by atoms with E-state index in [2.05, 4.69) is 12.2 Å². The molecule has 1 fully saturated rings. The minimum Gasteiger partial charge on any atom is -0.459 e. The molecule has 2 aromatic rings. The highest BCUT2D eigenvalue weighted by atomic mass is 16.5. The van der Waals surface area contributed by atoms with Gasteiger partial charge in [-0.2, -0.15) is 0 Å². The number of hydrogen-bond acceptors (Lipinski definition) is 5. The van der Waals surface area contributed by atoms with Gasteiger partial charge in [-0.3, -0.25) is 9.59 Å². The fourth-order valence-corrected chi connectivity index (χ4v) is 3.26. The molecule has 0 aliphatic carbocycles. The lowest BCUT2D eigenvalue weighted by molar-refractivity contribution is -0.154. The fourth-order valence-electron chi connectivity index (χ4n) is 3.26. The number of esters is 1. The third-order valence-corrected chi connectivity index (χ3v) is 4.74. The molecule has 1 aromatic carbocycles. The Bertz CT molecular complexity index is 803. The Balaban J connectivity index is 1.65. The summed E-state index contributed by atoms with van der Waals surface area (Å²) < 4.78 is 10.3. The Morgan fingerprint density at radius 2 is 2.00 bits per heavy atom. The largest absolute Gasteiger partial charge is 0.459 e. The zero-order chi connectivity index (χ0) is 19.9. The summed E-state index contributed by atoms with van der Waals surface area (Å²) in [5.41, 5.74) is 0.562. The first kappa shape index (κ1) is 19.7. The molecular formula is C21H24N2O5. The van der Waals surface area contributed by atoms with Gasteiger partial charge in [-0.25, -0.2) is 4.79 Å². The summed E-state index contributed by atoms with van der Waals surface area (Å²) in [6, 6.07) is 10.8. The van der Waals surface area contributed by atoms with Crippen LogP contribution in [0.4, 0.5) is 0 Å². The van der Waals surface area contributed by atoms with Crippen molar-refractivity contribution in [2.24, 2.45) is 5.92 Å². The fraction of sp³-hybridized carbons (Fsp3) is 0.381. The minimum absolute atomic E-state index is 0.0899. The van der Waals surface area contributed by atoms with E-state index in [-0.39, 0.29) is 18.3 Å². The molecule has 2 amide bonds. The van der Waals surface area contributed by atoms with Crippen molar-refractivity contribution in [2.75, 3.05) is 19.7 Å². The molecule has 2 heterocycles. The number of hydrogen-bond donors (Lipinski definition) is 1. The number of carbonyl (C=O) groups is 3. The van der Waals surface area contributed by atoms with E-state index in [4.69, 9.17) is 9.15 Å². The molecule has 0 spiro atoms. The Morgan fingerprint density at radius 1 is 1.21 bits per heavy atom. The highest BCUT2D eigenvalue weighted by Gasteiger charge is 2.28. The lowest BCUT2D eigenvalue weighted by Gasteiger charge is -2.30. The summed E-state index contributed by atoms with van der Waals surface area (Å²) in [4.78, 5) is 39.1. The molecule has 1 N–H and O–H groups in total. The Labute approximate surface area is 163 Å². The molecule has 1 saturated heterocycles. The number of amides is 2. The monoisotopic (exact) mass is 384 g/mol. The molecule has 7 nitrogen and oxygen atoms in total. The van der Waals surface area contributed by atoms with Crippen molar-refractivity contribution < 1.29 is 23.5 Å². The number of nitrogens with one attached hydrogen (secondary N) is 1. The first-order chi connectivity index (χ1) is 13.5. The SMILES string of the molecule is CC1CCCN(C(=O)COC(=O)C(NC(=O)c2ccco2)c2ccccc2)C1. The van der Waals surface area contributed by atoms with Crippen molar-refractivity contribution in [3.05, 3.63) is 60.1 Å². The van der Waals surface area contributed by atoms with Gasteiger partial charge in [-0.15, -0.1) is 0 Å². The van der Waals surface area contributed by atoms with Crippen molar-refractivity contribution in [1.82, 2.24) is 10.2 Å². The highest BCUT2D eigenvalue weighted by molar-refractivity contribution is 5.95. The van der Waals surface area contributed by atoms with Gasteiger partial charge in [0, 0.05) is 13.1 Å². The van der Waals surface area contributed by atoms with Crippen molar-refractivity contribution in [3.63, 3.8) is 0 Å². The van der Waals surface area contributed by atoms with E-state index in [9.17, 15) is 14.4 Å². The molecule has 1 aliphatic heterocycles. The van der Waals surface area contributed by atoms with Crippen LogP contribution in [0.15, 0.2) is 53.1 Å². The van der Waals surface area contributed by atoms with Gasteiger partial charge in [0.15, 0.2) is 18.4 Å². The Hall–Kier alpha value is -3.09. The molecule has 3 rings (SSSR count). The molecule has 2 unspecified atom stereocenters. The van der Waals surface area contributed by atoms with Gasteiger partial charge in [-0.1, -0.05) is 37.3 Å². The molecule has 28 heavy (non-hydrogen) atoms. The summed E-state index contributed by atoms with van der Waals surface area (Å²) in [6.45, 7) is 3.11. The van der Waals surface area contributed by atoms with Crippen LogP contribution in [0, 0.1) is 5.92 Å². The minimum atomic E-state index is -1.04. The predicted molar refractivity (Wildman–Crippen MR) is 101 cm³/mol. The van der Waals surface area contributed by atoms with Gasteiger partial charge < -0.3 is 19.4 Å². The summed E-state index contributed by atoms with van der Waals surface area (Å²) in [7, 11) is 0. The standard InChI is InChI=1S/C21H24N2O5/c1-15-7-5-11-23(13-15)18(24)14-28-21(26)19(16-8-3-2-4-9-16)22-20(25)17-10-6-12-27-17/h2-4,6,8-10,12,15,19H,5,7,11,13-14H2,1H3,(H,22,25). The van der Waals surface area contributed by atoms with Crippen LogP contribution in [0.3, 0.4) is 0 Å². The smallest absolute Gasteiger partial charge is 0.333 e. The topological polar surface area (TPSA) is 88.9 Å². The number of carbonyl (C=O) groups excluding carboxylic acids is 3. The van der Waals surface area contributed by atoms with E-state index in [0.29, 0.717) is 24.6 Å². The number of benzene rings is 1. The van der Waals surface area contributed by atoms with E-state index in [1.54, 1.807) is 41.3 Å². The van der Waals surface area contributed by atoms with E-state index >= 15 is 0 Å². The van der Waals surface area contributed by atoms with Crippen LogP contribution in [0.1, 0.15) is 41.9 Å². The van der Waals surface area contributed by atoms with Gasteiger partial charge in [0.2, 0.25) is 0 Å². The third-order valence-electron chi connectivity index (χ3n) is 4.74. The highest BCUT2D eigenvalue weighted by Crippen LogP contribution is 2.18. The van der Waals surface area contributed by atoms with Crippen LogP contribution in [-0.4, -0.2) is 42.4 Å². The zero-order valence-electron chi connectivity index (χ0n) is 15.8. The van der Waals surface area contributed by atoms with Crippen molar-refractivity contribution in [1.29, 1.82) is 0 Å². The van der Waals surface area contributed by atoms with Gasteiger partial charge >= 0.3 is 5.97 Å². The maximum atomic E-state index is 12.7. The number of piperidine rings is 1. The van der Waals surface area contributed by atoms with Crippen LogP contribution >= 0.6 is 0 Å². The van der Waals surface area contributed by atoms with Crippen molar-refractivity contribution in [2.45, 2.75) is 25.8 Å². The Morgan fingerprint density at radius 3 is 2.68 bits per heavy atom. The van der Waals surface area contributed by atoms with E-state index in [1.165, 1.54) is 12.3 Å². The van der Waals surface area contributed by atoms with E-state index in [0.717, 1.165) is 12.8 Å². The van der Waals surface area contributed by atoms with Gasteiger partial charge in [0.25, 0.3) is 11.8 Å². The van der Waals surface area contributed by atoms with E-state index in [1.807, 2.05) is 0 Å². The quantitative estimate of drug-likeness (QED) is 0.773. The van der Waals surface area contributed by atoms with Gasteiger partial charge in [0.05, 0.1) is 6.26 Å². The number of likely N-dealkylation sites (tertiary alicyclic amines) is 1. The molecule has 7 heteroatoms. The maximum Gasteiger partial charge on any atom is 0.333 e. The maximum absolute atomic E-state index is 12.7. The molecule has 0 saturated carbocycles.